The zero-order valence-corrected chi connectivity index (χ0v) is 12.5. The van der Waals surface area contributed by atoms with Crippen LogP contribution in [0.2, 0.25) is 0 Å². The summed E-state index contributed by atoms with van der Waals surface area (Å²) >= 11 is 0. The Morgan fingerprint density at radius 1 is 1.14 bits per heavy atom. The number of carboxylic acids is 1. The fraction of sp³-hybridized carbons (Fsp3) is 0.812. The highest BCUT2D eigenvalue weighted by Crippen LogP contribution is 3.14. The topological polar surface area (TPSA) is 81.4 Å². The lowest BCUT2D eigenvalue weighted by Crippen LogP contribution is -3.16. The molecule has 0 heterocycles. The molecule has 21 heavy (non-hydrogen) atoms. The third kappa shape index (κ3) is 0.608. The molecule has 6 saturated carbocycles. The standard InChI is InChI=1S/C16H18N2O3/c1-13(2,3)18(4)11(19)15-7-6-8(15)10-14(6,5-17)9(7)16(10,15)12(20)21/h6-10H,1-4H3,(H,20,21). The van der Waals surface area contributed by atoms with Gasteiger partial charge in [0.2, 0.25) is 5.91 Å². The second-order valence-electron chi connectivity index (χ2n) is 8.66. The molecular weight excluding hydrogens is 268 g/mol. The molecule has 0 aromatic heterocycles. The molecule has 6 rings (SSSR count). The maximum Gasteiger partial charge on any atom is 0.311 e. The Hall–Kier alpha value is -1.57. The molecule has 0 saturated heterocycles. The van der Waals surface area contributed by atoms with Crippen LogP contribution in [0.5, 0.6) is 0 Å². The number of rotatable bonds is 2. The average molecular weight is 286 g/mol. The molecule has 0 aliphatic heterocycles. The molecule has 6 fully saturated rings. The molecule has 1 N–H and O–H groups in total. The van der Waals surface area contributed by atoms with Crippen molar-refractivity contribution in [3.8, 4) is 6.07 Å². The van der Waals surface area contributed by atoms with Gasteiger partial charge in [0.25, 0.3) is 0 Å². The van der Waals surface area contributed by atoms with Crippen LogP contribution in [-0.4, -0.2) is 34.5 Å². The van der Waals surface area contributed by atoms with Gasteiger partial charge in [0.1, 0.15) is 0 Å². The van der Waals surface area contributed by atoms with Crippen molar-refractivity contribution in [2.24, 2.45) is 45.8 Å². The largest absolute Gasteiger partial charge is 0.481 e. The van der Waals surface area contributed by atoms with Crippen molar-refractivity contribution in [2.75, 3.05) is 7.05 Å². The fourth-order valence-electron chi connectivity index (χ4n) is 7.39. The first kappa shape index (κ1) is 12.0. The van der Waals surface area contributed by atoms with E-state index in [1.807, 2.05) is 20.8 Å². The van der Waals surface area contributed by atoms with Crippen LogP contribution in [-0.2, 0) is 9.59 Å². The molecule has 0 aromatic carbocycles. The molecule has 0 bridgehead atoms. The van der Waals surface area contributed by atoms with Crippen molar-refractivity contribution in [3.63, 3.8) is 0 Å². The van der Waals surface area contributed by atoms with Gasteiger partial charge in [0, 0.05) is 12.6 Å². The molecule has 0 radical (unpaired) electrons. The van der Waals surface area contributed by atoms with E-state index in [0.717, 1.165) is 0 Å². The number of aliphatic carboxylic acids is 1. The Labute approximate surface area is 122 Å². The lowest BCUT2D eigenvalue weighted by Gasteiger charge is -3.11. The third-order valence-corrected chi connectivity index (χ3v) is 8.00. The molecule has 1 amide bonds. The van der Waals surface area contributed by atoms with Crippen molar-refractivity contribution >= 4 is 11.9 Å². The third-order valence-electron chi connectivity index (χ3n) is 8.00. The first-order valence-corrected chi connectivity index (χ1v) is 7.60. The number of hydrogen-bond acceptors (Lipinski definition) is 3. The monoisotopic (exact) mass is 286 g/mol. The zero-order valence-electron chi connectivity index (χ0n) is 12.5. The van der Waals surface area contributed by atoms with Crippen LogP contribution in [0.25, 0.3) is 0 Å². The van der Waals surface area contributed by atoms with Crippen LogP contribution < -0.4 is 0 Å². The van der Waals surface area contributed by atoms with Gasteiger partial charge in [-0.25, -0.2) is 0 Å². The number of carbonyl (C=O) groups excluding carboxylic acids is 1. The average Bonchev–Trinajstić information content (AvgIpc) is 2.43. The summed E-state index contributed by atoms with van der Waals surface area (Å²) in [5.74, 6) is -0.293. The fourth-order valence-corrected chi connectivity index (χ4v) is 7.39. The molecule has 110 valence electrons. The summed E-state index contributed by atoms with van der Waals surface area (Å²) in [6.45, 7) is 5.91. The minimum absolute atomic E-state index is 0.00221. The van der Waals surface area contributed by atoms with Gasteiger partial charge >= 0.3 is 5.97 Å². The van der Waals surface area contributed by atoms with Gasteiger partial charge in [-0.15, -0.1) is 0 Å². The minimum Gasteiger partial charge on any atom is -0.481 e. The second kappa shape index (κ2) is 2.49. The first-order chi connectivity index (χ1) is 9.67. The van der Waals surface area contributed by atoms with Crippen LogP contribution in [0.4, 0.5) is 0 Å². The van der Waals surface area contributed by atoms with Gasteiger partial charge in [0.05, 0.1) is 22.3 Å². The van der Waals surface area contributed by atoms with E-state index in [-0.39, 0.29) is 40.5 Å². The predicted octanol–water partition coefficient (Wildman–Crippen LogP) is 0.960. The lowest BCUT2D eigenvalue weighted by molar-refractivity contribution is -0.655. The maximum atomic E-state index is 13.1. The summed E-state index contributed by atoms with van der Waals surface area (Å²) in [6.07, 6.45) is 0. The predicted molar refractivity (Wildman–Crippen MR) is 70.5 cm³/mol. The Morgan fingerprint density at radius 3 is 2.05 bits per heavy atom. The molecule has 4 unspecified atom stereocenters. The van der Waals surface area contributed by atoms with E-state index in [1.165, 1.54) is 0 Å². The summed E-state index contributed by atoms with van der Waals surface area (Å²) in [4.78, 5) is 26.7. The van der Waals surface area contributed by atoms with Crippen molar-refractivity contribution in [1.29, 1.82) is 5.26 Å². The van der Waals surface area contributed by atoms with E-state index < -0.39 is 16.8 Å². The van der Waals surface area contributed by atoms with Gasteiger partial charge in [-0.3, -0.25) is 9.59 Å². The molecule has 0 aromatic rings. The molecule has 6 aliphatic rings. The number of carbonyl (C=O) groups is 2. The summed E-state index contributed by atoms with van der Waals surface area (Å²) in [5.41, 5.74) is -2.24. The van der Waals surface area contributed by atoms with Crippen molar-refractivity contribution < 1.29 is 14.7 Å². The number of nitrogens with zero attached hydrogens (tertiary/aromatic N) is 2. The Balaban J connectivity index is 1.59. The Kier molecular flexibility index (Phi) is 1.42. The Bertz CT molecular complexity index is 677. The minimum atomic E-state index is -0.899. The highest BCUT2D eigenvalue weighted by molar-refractivity contribution is 6.04. The lowest BCUT2D eigenvalue weighted by atomic mass is 8.88. The van der Waals surface area contributed by atoms with Crippen LogP contribution >= 0.6 is 0 Å². The first-order valence-electron chi connectivity index (χ1n) is 7.60. The second-order valence-corrected chi connectivity index (χ2v) is 8.66. The quantitative estimate of drug-likeness (QED) is 0.819. The van der Waals surface area contributed by atoms with E-state index >= 15 is 0 Å². The number of nitriles is 1. The van der Waals surface area contributed by atoms with E-state index in [0.29, 0.717) is 5.92 Å². The van der Waals surface area contributed by atoms with Gasteiger partial charge in [-0.05, 0) is 50.4 Å². The number of amides is 1. The van der Waals surface area contributed by atoms with Crippen LogP contribution in [0.1, 0.15) is 20.8 Å². The van der Waals surface area contributed by atoms with E-state index in [2.05, 4.69) is 6.07 Å². The van der Waals surface area contributed by atoms with Crippen molar-refractivity contribution in [2.45, 2.75) is 26.3 Å². The molecule has 4 atom stereocenters. The molecule has 5 heteroatoms. The molecule has 0 spiro atoms. The summed E-state index contributed by atoms with van der Waals surface area (Å²) in [6, 6.07) is 2.40. The van der Waals surface area contributed by atoms with Crippen molar-refractivity contribution in [1.82, 2.24) is 4.90 Å². The molecule has 5 nitrogen and oxygen atoms in total. The molecule has 6 aliphatic carbocycles. The van der Waals surface area contributed by atoms with Crippen LogP contribution in [0.3, 0.4) is 0 Å². The summed E-state index contributed by atoms with van der Waals surface area (Å²) in [5, 5.41) is 19.2. The zero-order chi connectivity index (χ0) is 15.3. The van der Waals surface area contributed by atoms with Gasteiger partial charge < -0.3 is 10.0 Å². The van der Waals surface area contributed by atoms with Gasteiger partial charge in [-0.2, -0.15) is 5.26 Å². The summed E-state index contributed by atoms with van der Waals surface area (Å²) < 4.78 is 0. The number of hydrogen-bond donors (Lipinski definition) is 1. The highest BCUT2D eigenvalue weighted by atomic mass is 16.4. The van der Waals surface area contributed by atoms with Crippen molar-refractivity contribution in [3.05, 3.63) is 0 Å². The smallest absolute Gasteiger partial charge is 0.311 e. The number of carboxylic acid groups (broad SMARTS) is 1. The van der Waals surface area contributed by atoms with Crippen LogP contribution in [0, 0.1) is 57.2 Å². The van der Waals surface area contributed by atoms with Crippen LogP contribution in [0.15, 0.2) is 0 Å². The Morgan fingerprint density at radius 2 is 1.67 bits per heavy atom. The SMILES string of the molecule is CN(C(=O)C12C3C4C1C1C4(C#N)C3C12C(=O)O)C(C)(C)C. The van der Waals surface area contributed by atoms with Gasteiger partial charge in [0.15, 0.2) is 0 Å². The highest BCUT2D eigenvalue weighted by Gasteiger charge is 3.19. The molecular formula is C16H18N2O3. The maximum absolute atomic E-state index is 13.1. The normalized spacial score (nSPS) is 59.1. The van der Waals surface area contributed by atoms with E-state index in [9.17, 15) is 20.0 Å². The van der Waals surface area contributed by atoms with E-state index in [1.54, 1.807) is 11.9 Å². The van der Waals surface area contributed by atoms with E-state index in [4.69, 9.17) is 0 Å². The van der Waals surface area contributed by atoms with Gasteiger partial charge in [-0.1, -0.05) is 0 Å². The summed E-state index contributed by atoms with van der Waals surface area (Å²) in [7, 11) is 1.78.